The molecule has 1 aromatic carbocycles. The van der Waals surface area contributed by atoms with Gasteiger partial charge >= 0.3 is 0 Å². The van der Waals surface area contributed by atoms with Gasteiger partial charge in [-0.1, -0.05) is 35.9 Å². The minimum Gasteiger partial charge on any atom is -0.311 e. The van der Waals surface area contributed by atoms with Gasteiger partial charge < -0.3 is 4.57 Å². The Balaban J connectivity index is 2.38. The van der Waals surface area contributed by atoms with E-state index in [-0.39, 0.29) is 5.56 Å². The van der Waals surface area contributed by atoms with Gasteiger partial charge in [0.1, 0.15) is 0 Å². The molecule has 16 heavy (non-hydrogen) atoms. The van der Waals surface area contributed by atoms with Crippen molar-refractivity contribution in [1.82, 2.24) is 4.57 Å². The van der Waals surface area contributed by atoms with Gasteiger partial charge in [0.25, 0.3) is 5.56 Å². The number of aromatic nitrogens is 1. The molecule has 0 unspecified atom stereocenters. The van der Waals surface area contributed by atoms with Crippen LogP contribution in [0.2, 0.25) is 5.02 Å². The predicted octanol–water partition coefficient (Wildman–Crippen LogP) is 2.86. The Morgan fingerprint density at radius 3 is 2.69 bits per heavy atom. The summed E-state index contributed by atoms with van der Waals surface area (Å²) in [6.45, 7) is 2.47. The number of rotatable bonds is 2. The molecule has 0 radical (unpaired) electrons. The maximum atomic E-state index is 11.6. The summed E-state index contributed by atoms with van der Waals surface area (Å²) in [7, 11) is 0. The Hall–Kier alpha value is -1.54. The Morgan fingerprint density at radius 2 is 1.94 bits per heavy atom. The lowest BCUT2D eigenvalue weighted by molar-refractivity contribution is 0.754. The van der Waals surface area contributed by atoms with E-state index in [1.807, 2.05) is 43.5 Å². The van der Waals surface area contributed by atoms with Gasteiger partial charge in [-0.2, -0.15) is 0 Å². The number of nitrogens with zero attached hydrogens (tertiary/aromatic N) is 1. The molecule has 0 aliphatic rings. The van der Waals surface area contributed by atoms with Crippen molar-refractivity contribution in [2.45, 2.75) is 13.5 Å². The van der Waals surface area contributed by atoms with Gasteiger partial charge in [-0.25, -0.2) is 0 Å². The van der Waals surface area contributed by atoms with E-state index >= 15 is 0 Å². The van der Waals surface area contributed by atoms with Gasteiger partial charge in [0.15, 0.2) is 0 Å². The van der Waals surface area contributed by atoms with Crippen LogP contribution in [-0.2, 0) is 6.54 Å². The number of halogens is 1. The van der Waals surface area contributed by atoms with Crippen LogP contribution in [0, 0.1) is 6.92 Å². The summed E-state index contributed by atoms with van der Waals surface area (Å²) in [6.07, 6.45) is 1.84. The average Bonchev–Trinajstić information content (AvgIpc) is 2.27. The molecule has 0 bridgehead atoms. The van der Waals surface area contributed by atoms with E-state index in [1.54, 1.807) is 10.6 Å². The molecule has 0 N–H and O–H groups in total. The fourth-order valence-electron chi connectivity index (χ4n) is 1.58. The minimum atomic E-state index is -0.00878. The molecule has 82 valence electrons. The molecule has 1 heterocycles. The van der Waals surface area contributed by atoms with Crippen LogP contribution < -0.4 is 5.56 Å². The number of pyridine rings is 1. The number of benzene rings is 1. The largest absolute Gasteiger partial charge is 0.311 e. The first-order valence-corrected chi connectivity index (χ1v) is 5.45. The molecular formula is C13H12ClNO. The Bertz CT molecular complexity index is 560. The normalized spacial score (nSPS) is 10.4. The van der Waals surface area contributed by atoms with Crippen LogP contribution in [0.4, 0.5) is 0 Å². The van der Waals surface area contributed by atoms with Gasteiger partial charge in [0.2, 0.25) is 0 Å². The lowest BCUT2D eigenvalue weighted by Crippen LogP contribution is -2.19. The fourth-order valence-corrected chi connectivity index (χ4v) is 1.78. The third kappa shape index (κ3) is 2.34. The summed E-state index contributed by atoms with van der Waals surface area (Å²) in [5, 5.41) is 0.691. The molecule has 0 spiro atoms. The first-order valence-electron chi connectivity index (χ1n) is 5.07. The molecular weight excluding hydrogens is 222 g/mol. The maximum Gasteiger partial charge on any atom is 0.250 e. The minimum absolute atomic E-state index is 0.00878. The second kappa shape index (κ2) is 4.54. The standard InChI is InChI=1S/C13H12ClNO/c1-10-6-7-13(16)15(8-10)9-11-4-2-3-5-12(11)14/h2-8H,9H2,1H3. The summed E-state index contributed by atoms with van der Waals surface area (Å²) in [4.78, 5) is 11.6. The summed E-state index contributed by atoms with van der Waals surface area (Å²) in [6, 6.07) is 10.9. The highest BCUT2D eigenvalue weighted by Crippen LogP contribution is 2.15. The zero-order chi connectivity index (χ0) is 11.5. The second-order valence-corrected chi connectivity index (χ2v) is 4.17. The van der Waals surface area contributed by atoms with Crippen LogP contribution >= 0.6 is 11.6 Å². The fraction of sp³-hybridized carbons (Fsp3) is 0.154. The van der Waals surface area contributed by atoms with Gasteiger partial charge in [0.05, 0.1) is 6.54 Å². The lowest BCUT2D eigenvalue weighted by atomic mass is 10.2. The molecule has 0 saturated heterocycles. The number of aryl methyl sites for hydroxylation is 1. The highest BCUT2D eigenvalue weighted by molar-refractivity contribution is 6.31. The van der Waals surface area contributed by atoms with Crippen molar-refractivity contribution in [2.24, 2.45) is 0 Å². The maximum absolute atomic E-state index is 11.6. The molecule has 0 fully saturated rings. The van der Waals surface area contributed by atoms with Crippen LogP contribution in [0.25, 0.3) is 0 Å². The highest BCUT2D eigenvalue weighted by Gasteiger charge is 2.01. The lowest BCUT2D eigenvalue weighted by Gasteiger charge is -2.07. The smallest absolute Gasteiger partial charge is 0.250 e. The third-order valence-electron chi connectivity index (χ3n) is 2.43. The molecule has 3 heteroatoms. The van der Waals surface area contributed by atoms with E-state index in [2.05, 4.69) is 0 Å². The molecule has 0 atom stereocenters. The molecule has 2 nitrogen and oxygen atoms in total. The van der Waals surface area contributed by atoms with Crippen molar-refractivity contribution >= 4 is 11.6 Å². The van der Waals surface area contributed by atoms with Crippen LogP contribution in [0.5, 0.6) is 0 Å². The number of hydrogen-bond donors (Lipinski definition) is 0. The Kier molecular flexibility index (Phi) is 3.11. The molecule has 0 amide bonds. The molecule has 1 aromatic heterocycles. The summed E-state index contributed by atoms with van der Waals surface area (Å²) in [5.74, 6) is 0. The van der Waals surface area contributed by atoms with Crippen molar-refractivity contribution in [1.29, 1.82) is 0 Å². The van der Waals surface area contributed by atoms with Crippen molar-refractivity contribution in [3.63, 3.8) is 0 Å². The topological polar surface area (TPSA) is 22.0 Å². The van der Waals surface area contributed by atoms with E-state index in [0.29, 0.717) is 11.6 Å². The summed E-state index contributed by atoms with van der Waals surface area (Å²) in [5.41, 5.74) is 2.01. The van der Waals surface area contributed by atoms with E-state index in [9.17, 15) is 4.79 Å². The van der Waals surface area contributed by atoms with Gasteiger partial charge in [-0.15, -0.1) is 0 Å². The molecule has 2 rings (SSSR count). The zero-order valence-corrected chi connectivity index (χ0v) is 9.74. The van der Waals surface area contributed by atoms with Crippen LogP contribution in [0.1, 0.15) is 11.1 Å². The van der Waals surface area contributed by atoms with Crippen LogP contribution in [0.15, 0.2) is 47.4 Å². The van der Waals surface area contributed by atoms with E-state index in [4.69, 9.17) is 11.6 Å². The monoisotopic (exact) mass is 233 g/mol. The third-order valence-corrected chi connectivity index (χ3v) is 2.80. The molecule has 2 aromatic rings. The summed E-state index contributed by atoms with van der Waals surface area (Å²) < 4.78 is 1.66. The quantitative estimate of drug-likeness (QED) is 0.782. The van der Waals surface area contributed by atoms with Gasteiger partial charge in [-0.3, -0.25) is 4.79 Å². The second-order valence-electron chi connectivity index (χ2n) is 3.76. The predicted molar refractivity (Wildman–Crippen MR) is 66.0 cm³/mol. The van der Waals surface area contributed by atoms with Gasteiger partial charge in [-0.05, 0) is 24.1 Å². The van der Waals surface area contributed by atoms with E-state index in [1.165, 1.54) is 0 Å². The molecule has 0 saturated carbocycles. The van der Waals surface area contributed by atoms with Crippen molar-refractivity contribution < 1.29 is 0 Å². The van der Waals surface area contributed by atoms with Crippen molar-refractivity contribution in [2.75, 3.05) is 0 Å². The Morgan fingerprint density at radius 1 is 1.19 bits per heavy atom. The van der Waals surface area contributed by atoms with Crippen LogP contribution in [0.3, 0.4) is 0 Å². The first-order chi connectivity index (χ1) is 7.66. The first kappa shape index (κ1) is 11.0. The molecule has 0 aliphatic heterocycles. The zero-order valence-electron chi connectivity index (χ0n) is 8.98. The number of hydrogen-bond acceptors (Lipinski definition) is 1. The van der Waals surface area contributed by atoms with E-state index < -0.39 is 0 Å². The van der Waals surface area contributed by atoms with Gasteiger partial charge in [0, 0.05) is 17.3 Å². The summed E-state index contributed by atoms with van der Waals surface area (Å²) >= 11 is 6.05. The Labute approximate surface area is 99.1 Å². The van der Waals surface area contributed by atoms with E-state index in [0.717, 1.165) is 11.1 Å². The van der Waals surface area contributed by atoms with Crippen molar-refractivity contribution in [3.8, 4) is 0 Å². The van der Waals surface area contributed by atoms with Crippen molar-refractivity contribution in [3.05, 3.63) is 69.1 Å². The van der Waals surface area contributed by atoms with Crippen LogP contribution in [-0.4, -0.2) is 4.57 Å². The average molecular weight is 234 g/mol. The molecule has 0 aliphatic carbocycles. The SMILES string of the molecule is Cc1ccc(=O)n(Cc2ccccc2Cl)c1. The highest BCUT2D eigenvalue weighted by atomic mass is 35.5.